The van der Waals surface area contributed by atoms with Gasteiger partial charge in [0.1, 0.15) is 5.70 Å². The van der Waals surface area contributed by atoms with Crippen molar-refractivity contribution in [1.82, 2.24) is 25.1 Å². The number of anilines is 1. The molecule has 0 saturated carbocycles. The number of piperazine rings is 1. The highest BCUT2D eigenvalue weighted by Gasteiger charge is 2.29. The van der Waals surface area contributed by atoms with Gasteiger partial charge in [0.15, 0.2) is 0 Å². The quantitative estimate of drug-likeness (QED) is 0.637. The molecule has 0 aliphatic carbocycles. The topological polar surface area (TPSA) is 81.7 Å². The third kappa shape index (κ3) is 3.88. The number of hydrogen-bond donors (Lipinski definition) is 1. The molecule has 8 heteroatoms. The Morgan fingerprint density at radius 3 is 2.38 bits per heavy atom. The molecule has 0 bridgehead atoms. The summed E-state index contributed by atoms with van der Waals surface area (Å²) in [6.07, 6.45) is 3.27. The molecule has 1 aromatic rings. The molecule has 2 aliphatic rings. The van der Waals surface area contributed by atoms with Crippen LogP contribution in [0, 0.1) is 0 Å². The van der Waals surface area contributed by atoms with E-state index in [-0.39, 0.29) is 5.70 Å². The predicted molar refractivity (Wildman–Crippen MR) is 92.4 cm³/mol. The third-order valence-corrected chi connectivity index (χ3v) is 3.85. The van der Waals surface area contributed by atoms with Gasteiger partial charge in [-0.15, -0.1) is 0 Å². The maximum Gasteiger partial charge on any atom is 0.328 e. The lowest BCUT2D eigenvalue weighted by molar-refractivity contribution is -0.115. The summed E-state index contributed by atoms with van der Waals surface area (Å²) in [5.41, 5.74) is 0.892. The van der Waals surface area contributed by atoms with Crippen molar-refractivity contribution in [2.75, 3.05) is 45.2 Å². The fraction of sp³-hybridized carbons (Fsp3) is 0.500. The van der Waals surface area contributed by atoms with Gasteiger partial charge in [-0.2, -0.15) is 0 Å². The van der Waals surface area contributed by atoms with Gasteiger partial charge in [0.2, 0.25) is 5.95 Å². The second-order valence-corrected chi connectivity index (χ2v) is 5.42. The van der Waals surface area contributed by atoms with Crippen molar-refractivity contribution in [3.05, 3.63) is 23.7 Å². The van der Waals surface area contributed by atoms with Crippen LogP contribution in [0.5, 0.6) is 0 Å². The van der Waals surface area contributed by atoms with Gasteiger partial charge in [0, 0.05) is 39.4 Å². The number of aromatic nitrogens is 2. The summed E-state index contributed by atoms with van der Waals surface area (Å²) in [7, 11) is 3.64. The fourth-order valence-electron chi connectivity index (χ4n) is 2.41. The third-order valence-electron chi connectivity index (χ3n) is 3.85. The Kier molecular flexibility index (Phi) is 5.86. The summed E-state index contributed by atoms with van der Waals surface area (Å²) >= 11 is 0. The van der Waals surface area contributed by atoms with Gasteiger partial charge in [-0.25, -0.2) is 14.8 Å². The van der Waals surface area contributed by atoms with Gasteiger partial charge in [0.25, 0.3) is 5.91 Å². The second kappa shape index (κ2) is 7.87. The standard InChI is InChI=1S/C14H18N6O2.C2H6/c1-18-5-7-20(8-6-18)13-15-4-3-10(16-13)9-11-12(21)17-14(22)19(11)2;1-2/h3-4,9H,5-8H2,1-2H3,(H,17,21,22);1-2H3/b11-9-;. The Labute approximate surface area is 142 Å². The lowest BCUT2D eigenvalue weighted by Gasteiger charge is -2.32. The first-order valence-electron chi connectivity index (χ1n) is 8.12. The van der Waals surface area contributed by atoms with Crippen molar-refractivity contribution >= 4 is 24.0 Å². The van der Waals surface area contributed by atoms with Crippen LogP contribution in [0.2, 0.25) is 0 Å². The number of amides is 3. The summed E-state index contributed by atoms with van der Waals surface area (Å²) in [6, 6.07) is 1.29. The highest BCUT2D eigenvalue weighted by molar-refractivity contribution is 6.13. The molecule has 0 atom stereocenters. The molecule has 1 aromatic heterocycles. The van der Waals surface area contributed by atoms with Crippen molar-refractivity contribution < 1.29 is 9.59 Å². The second-order valence-electron chi connectivity index (χ2n) is 5.42. The summed E-state index contributed by atoms with van der Waals surface area (Å²) < 4.78 is 0. The molecule has 0 spiro atoms. The molecule has 24 heavy (non-hydrogen) atoms. The molecule has 8 nitrogen and oxygen atoms in total. The van der Waals surface area contributed by atoms with Gasteiger partial charge in [0.05, 0.1) is 5.69 Å². The molecule has 2 saturated heterocycles. The number of carbonyl (C=O) groups excluding carboxylic acids is 2. The lowest BCUT2D eigenvalue weighted by Crippen LogP contribution is -2.45. The number of nitrogens with zero attached hydrogens (tertiary/aromatic N) is 5. The number of likely N-dealkylation sites (N-methyl/N-ethyl adjacent to an activating group) is 2. The first kappa shape index (κ1) is 17.9. The van der Waals surface area contributed by atoms with Crippen LogP contribution in [0.4, 0.5) is 10.7 Å². The zero-order valence-corrected chi connectivity index (χ0v) is 14.6. The van der Waals surface area contributed by atoms with Crippen molar-refractivity contribution in [3.8, 4) is 0 Å². The van der Waals surface area contributed by atoms with Crippen LogP contribution in [0.1, 0.15) is 19.5 Å². The van der Waals surface area contributed by atoms with Crippen LogP contribution in [0.3, 0.4) is 0 Å². The van der Waals surface area contributed by atoms with Crippen LogP contribution < -0.4 is 10.2 Å². The van der Waals surface area contributed by atoms with Crippen LogP contribution in [-0.4, -0.2) is 72.0 Å². The highest BCUT2D eigenvalue weighted by atomic mass is 16.2. The Morgan fingerprint density at radius 1 is 1.12 bits per heavy atom. The first-order valence-corrected chi connectivity index (χ1v) is 8.12. The molecule has 1 N–H and O–H groups in total. The van der Waals surface area contributed by atoms with E-state index in [0.717, 1.165) is 26.2 Å². The molecule has 0 unspecified atom stereocenters. The predicted octanol–water partition coefficient (Wildman–Crippen LogP) is 0.777. The molecular formula is C16H24N6O2. The van der Waals surface area contributed by atoms with Crippen LogP contribution >= 0.6 is 0 Å². The molecule has 2 aliphatic heterocycles. The summed E-state index contributed by atoms with van der Waals surface area (Å²) in [4.78, 5) is 37.6. The minimum atomic E-state index is -0.426. The summed E-state index contributed by atoms with van der Waals surface area (Å²) in [5, 5.41) is 2.24. The van der Waals surface area contributed by atoms with Crippen molar-refractivity contribution in [2.45, 2.75) is 13.8 Å². The zero-order valence-electron chi connectivity index (χ0n) is 14.6. The van der Waals surface area contributed by atoms with Crippen LogP contribution in [-0.2, 0) is 4.79 Å². The molecular weight excluding hydrogens is 308 g/mol. The normalized spacial score (nSPS) is 20.1. The Hall–Kier alpha value is -2.48. The van der Waals surface area contributed by atoms with E-state index in [2.05, 4.69) is 32.1 Å². The molecule has 0 radical (unpaired) electrons. The monoisotopic (exact) mass is 332 g/mol. The van der Waals surface area contributed by atoms with E-state index < -0.39 is 11.9 Å². The summed E-state index contributed by atoms with van der Waals surface area (Å²) in [5.74, 6) is 0.238. The fourth-order valence-corrected chi connectivity index (χ4v) is 2.41. The Balaban J connectivity index is 0.00000100. The van der Waals surface area contributed by atoms with E-state index in [1.54, 1.807) is 25.4 Å². The van der Waals surface area contributed by atoms with Gasteiger partial charge in [-0.05, 0) is 19.2 Å². The number of nitrogens with one attached hydrogen (secondary N) is 1. The molecule has 3 heterocycles. The lowest BCUT2D eigenvalue weighted by atomic mass is 10.3. The van der Waals surface area contributed by atoms with Crippen LogP contribution in [0.15, 0.2) is 18.0 Å². The van der Waals surface area contributed by atoms with E-state index in [1.165, 1.54) is 4.90 Å². The van der Waals surface area contributed by atoms with E-state index in [1.807, 2.05) is 13.8 Å². The average molecular weight is 332 g/mol. The molecule has 2 fully saturated rings. The Morgan fingerprint density at radius 2 is 1.79 bits per heavy atom. The maximum atomic E-state index is 11.7. The maximum absolute atomic E-state index is 11.7. The molecule has 3 rings (SSSR count). The van der Waals surface area contributed by atoms with Gasteiger partial charge in [-0.3, -0.25) is 15.0 Å². The average Bonchev–Trinajstić information content (AvgIpc) is 2.84. The smallest absolute Gasteiger partial charge is 0.328 e. The van der Waals surface area contributed by atoms with E-state index in [0.29, 0.717) is 11.6 Å². The summed E-state index contributed by atoms with van der Waals surface area (Å²) in [6.45, 7) is 7.67. The molecule has 130 valence electrons. The molecule has 0 aromatic carbocycles. The van der Waals surface area contributed by atoms with E-state index in [9.17, 15) is 9.59 Å². The molecule has 3 amide bonds. The minimum absolute atomic E-state index is 0.285. The van der Waals surface area contributed by atoms with Gasteiger partial charge < -0.3 is 9.80 Å². The highest BCUT2D eigenvalue weighted by Crippen LogP contribution is 2.16. The van der Waals surface area contributed by atoms with Crippen LogP contribution in [0.25, 0.3) is 6.08 Å². The number of urea groups is 1. The minimum Gasteiger partial charge on any atom is -0.338 e. The largest absolute Gasteiger partial charge is 0.338 e. The van der Waals surface area contributed by atoms with Crippen molar-refractivity contribution in [2.24, 2.45) is 0 Å². The van der Waals surface area contributed by atoms with E-state index >= 15 is 0 Å². The van der Waals surface area contributed by atoms with Crippen molar-refractivity contribution in [3.63, 3.8) is 0 Å². The number of hydrogen-bond acceptors (Lipinski definition) is 6. The zero-order chi connectivity index (χ0) is 17.7. The van der Waals surface area contributed by atoms with Gasteiger partial charge >= 0.3 is 6.03 Å². The first-order chi connectivity index (χ1) is 11.5. The number of imide groups is 1. The number of rotatable bonds is 2. The van der Waals surface area contributed by atoms with Crippen molar-refractivity contribution in [1.29, 1.82) is 0 Å². The number of carbonyl (C=O) groups is 2. The Bertz CT molecular complexity index is 637. The van der Waals surface area contributed by atoms with Gasteiger partial charge in [-0.1, -0.05) is 13.8 Å². The van der Waals surface area contributed by atoms with E-state index in [4.69, 9.17) is 0 Å². The SMILES string of the molecule is CC.CN1CCN(c2nccc(/C=C3/C(=O)NC(=O)N3C)n2)CC1.